The van der Waals surface area contributed by atoms with Crippen molar-refractivity contribution in [3.05, 3.63) is 0 Å². The van der Waals surface area contributed by atoms with E-state index in [0.717, 1.165) is 12.8 Å². The number of rotatable bonds is 5. The van der Waals surface area contributed by atoms with Crippen LogP contribution in [0.25, 0.3) is 0 Å². The van der Waals surface area contributed by atoms with Gasteiger partial charge in [0.05, 0.1) is 6.10 Å². The van der Waals surface area contributed by atoms with Gasteiger partial charge < -0.3 is 4.74 Å². The fourth-order valence-corrected chi connectivity index (χ4v) is 1.02. The van der Waals surface area contributed by atoms with Gasteiger partial charge in [0.15, 0.2) is 0 Å². The lowest BCUT2D eigenvalue weighted by atomic mass is 10.1. The van der Waals surface area contributed by atoms with Gasteiger partial charge in [-0.3, -0.25) is 4.79 Å². The summed E-state index contributed by atoms with van der Waals surface area (Å²) in [4.78, 5) is 10.5. The van der Waals surface area contributed by atoms with E-state index in [2.05, 4.69) is 6.92 Å². The summed E-state index contributed by atoms with van der Waals surface area (Å²) in [6.07, 6.45) is 4.69. The fraction of sp³-hybridized carbons (Fsp3) is 0.889. The Bertz CT molecular complexity index is 110. The minimum Gasteiger partial charge on any atom is -0.463 e. The van der Waals surface area contributed by atoms with Gasteiger partial charge in [0.25, 0.3) is 0 Å². The molecule has 0 heterocycles. The van der Waals surface area contributed by atoms with Crippen LogP contribution in [0.2, 0.25) is 0 Å². The van der Waals surface area contributed by atoms with Gasteiger partial charge in [0.1, 0.15) is 0 Å². The first-order chi connectivity index (χ1) is 5.16. The molecule has 0 aliphatic heterocycles. The van der Waals surface area contributed by atoms with Crippen LogP contribution >= 0.6 is 0 Å². The van der Waals surface area contributed by atoms with Gasteiger partial charge in [-0.05, 0) is 19.8 Å². The van der Waals surface area contributed by atoms with E-state index < -0.39 is 0 Å². The van der Waals surface area contributed by atoms with E-state index in [4.69, 9.17) is 4.74 Å². The van der Waals surface area contributed by atoms with Crippen molar-refractivity contribution in [2.24, 2.45) is 0 Å². The first kappa shape index (κ1) is 10.5. The third kappa shape index (κ3) is 7.37. The topological polar surface area (TPSA) is 26.3 Å². The average Bonchev–Trinajstić information content (AvgIpc) is 1.86. The first-order valence-corrected chi connectivity index (χ1v) is 4.34. The summed E-state index contributed by atoms with van der Waals surface area (Å²) in [7, 11) is 0. The van der Waals surface area contributed by atoms with Crippen LogP contribution in [0.15, 0.2) is 0 Å². The Morgan fingerprint density at radius 1 is 1.45 bits per heavy atom. The second-order valence-corrected chi connectivity index (χ2v) is 2.92. The largest absolute Gasteiger partial charge is 0.463 e. The molecule has 0 saturated carbocycles. The van der Waals surface area contributed by atoms with Gasteiger partial charge in [-0.15, -0.1) is 0 Å². The highest BCUT2D eigenvalue weighted by atomic mass is 16.5. The molecule has 0 N–H and O–H groups in total. The summed E-state index contributed by atoms with van der Waals surface area (Å²) in [5, 5.41) is 0. The van der Waals surface area contributed by atoms with E-state index in [1.165, 1.54) is 19.8 Å². The lowest BCUT2D eigenvalue weighted by Crippen LogP contribution is -2.11. The van der Waals surface area contributed by atoms with Crippen molar-refractivity contribution in [3.63, 3.8) is 0 Å². The lowest BCUT2D eigenvalue weighted by Gasteiger charge is -2.10. The molecule has 0 aromatic carbocycles. The van der Waals surface area contributed by atoms with E-state index >= 15 is 0 Å². The molecule has 1 atom stereocenters. The summed E-state index contributed by atoms with van der Waals surface area (Å²) in [6, 6.07) is 0. The highest BCUT2D eigenvalue weighted by Crippen LogP contribution is 2.05. The number of carbonyl (C=O) groups excluding carboxylic acids is 1. The summed E-state index contributed by atoms with van der Waals surface area (Å²) in [5.41, 5.74) is 0. The molecular formula is C9H18O2. The molecule has 0 bridgehead atoms. The third-order valence-corrected chi connectivity index (χ3v) is 1.58. The molecule has 0 amide bonds. The highest BCUT2D eigenvalue weighted by Gasteiger charge is 2.03. The van der Waals surface area contributed by atoms with Gasteiger partial charge in [-0.2, -0.15) is 0 Å². The number of carbonyl (C=O) groups is 1. The standard InChI is InChI=1S/C9H18O2/c1-4-5-6-7-8(2)11-9(3)10/h8H,4-7H2,1-3H3. The number of hydrogen-bond acceptors (Lipinski definition) is 2. The van der Waals surface area contributed by atoms with Crippen LogP contribution in [0, 0.1) is 0 Å². The fourth-order valence-electron chi connectivity index (χ4n) is 1.02. The normalized spacial score (nSPS) is 12.6. The van der Waals surface area contributed by atoms with Crippen molar-refractivity contribution >= 4 is 5.97 Å². The predicted molar refractivity (Wildman–Crippen MR) is 45.4 cm³/mol. The molecule has 0 aliphatic carbocycles. The van der Waals surface area contributed by atoms with Crippen LogP contribution in [0.4, 0.5) is 0 Å². The molecule has 0 rings (SSSR count). The SMILES string of the molecule is CCCCCC(C)OC(C)=O. The van der Waals surface area contributed by atoms with Gasteiger partial charge >= 0.3 is 5.97 Å². The zero-order valence-electron chi connectivity index (χ0n) is 7.72. The van der Waals surface area contributed by atoms with Gasteiger partial charge in [-0.1, -0.05) is 19.8 Å². The zero-order chi connectivity index (χ0) is 8.69. The molecule has 66 valence electrons. The molecule has 0 spiro atoms. The Kier molecular flexibility index (Phi) is 5.90. The number of unbranched alkanes of at least 4 members (excludes halogenated alkanes) is 2. The molecule has 1 unspecified atom stereocenters. The van der Waals surface area contributed by atoms with Gasteiger partial charge in [0, 0.05) is 6.92 Å². The van der Waals surface area contributed by atoms with Crippen molar-refractivity contribution in [1.29, 1.82) is 0 Å². The van der Waals surface area contributed by atoms with E-state index in [9.17, 15) is 4.79 Å². The number of ether oxygens (including phenoxy) is 1. The second kappa shape index (κ2) is 6.20. The van der Waals surface area contributed by atoms with Crippen molar-refractivity contribution < 1.29 is 9.53 Å². The van der Waals surface area contributed by atoms with Crippen molar-refractivity contribution in [2.45, 2.75) is 52.6 Å². The van der Waals surface area contributed by atoms with Crippen LogP contribution < -0.4 is 0 Å². The number of esters is 1. The smallest absolute Gasteiger partial charge is 0.302 e. The summed E-state index contributed by atoms with van der Waals surface area (Å²) in [6.45, 7) is 5.56. The Morgan fingerprint density at radius 2 is 2.09 bits per heavy atom. The molecular weight excluding hydrogens is 140 g/mol. The maximum absolute atomic E-state index is 10.5. The van der Waals surface area contributed by atoms with Crippen molar-refractivity contribution in [3.8, 4) is 0 Å². The zero-order valence-corrected chi connectivity index (χ0v) is 7.72. The van der Waals surface area contributed by atoms with Gasteiger partial charge in [-0.25, -0.2) is 0 Å². The Morgan fingerprint density at radius 3 is 2.55 bits per heavy atom. The summed E-state index contributed by atoms with van der Waals surface area (Å²) in [5.74, 6) is -0.172. The predicted octanol–water partition coefficient (Wildman–Crippen LogP) is 2.52. The highest BCUT2D eigenvalue weighted by molar-refractivity contribution is 5.66. The van der Waals surface area contributed by atoms with Crippen LogP contribution in [-0.4, -0.2) is 12.1 Å². The van der Waals surface area contributed by atoms with E-state index in [-0.39, 0.29) is 12.1 Å². The molecule has 0 aliphatic rings. The maximum Gasteiger partial charge on any atom is 0.302 e. The molecule has 0 saturated heterocycles. The average molecular weight is 158 g/mol. The van der Waals surface area contributed by atoms with E-state index in [1.54, 1.807) is 0 Å². The quantitative estimate of drug-likeness (QED) is 0.454. The lowest BCUT2D eigenvalue weighted by molar-refractivity contribution is -0.145. The van der Waals surface area contributed by atoms with Crippen LogP contribution in [0.1, 0.15) is 46.5 Å². The van der Waals surface area contributed by atoms with Crippen LogP contribution in [0.3, 0.4) is 0 Å². The first-order valence-electron chi connectivity index (χ1n) is 4.34. The van der Waals surface area contributed by atoms with Crippen molar-refractivity contribution in [1.82, 2.24) is 0 Å². The van der Waals surface area contributed by atoms with E-state index in [0.29, 0.717) is 0 Å². The molecule has 0 aromatic rings. The van der Waals surface area contributed by atoms with Crippen LogP contribution in [0.5, 0.6) is 0 Å². The number of hydrogen-bond donors (Lipinski definition) is 0. The molecule has 11 heavy (non-hydrogen) atoms. The molecule has 0 fully saturated rings. The Balaban J connectivity index is 3.22. The Hall–Kier alpha value is -0.530. The molecule has 2 nitrogen and oxygen atoms in total. The second-order valence-electron chi connectivity index (χ2n) is 2.92. The molecule has 0 aromatic heterocycles. The monoisotopic (exact) mass is 158 g/mol. The third-order valence-electron chi connectivity index (χ3n) is 1.58. The molecule has 0 radical (unpaired) electrons. The minimum atomic E-state index is -0.172. The maximum atomic E-state index is 10.5. The minimum absolute atomic E-state index is 0.0963. The summed E-state index contributed by atoms with van der Waals surface area (Å²) >= 11 is 0. The summed E-state index contributed by atoms with van der Waals surface area (Å²) < 4.78 is 4.96. The van der Waals surface area contributed by atoms with Crippen LogP contribution in [-0.2, 0) is 9.53 Å². The van der Waals surface area contributed by atoms with Crippen molar-refractivity contribution in [2.75, 3.05) is 0 Å². The molecule has 2 heteroatoms. The van der Waals surface area contributed by atoms with E-state index in [1.807, 2.05) is 6.92 Å². The Labute approximate surface area is 68.9 Å². The van der Waals surface area contributed by atoms with Gasteiger partial charge in [0.2, 0.25) is 0 Å².